The van der Waals surface area contributed by atoms with Crippen molar-refractivity contribution in [3.05, 3.63) is 0 Å². The topological polar surface area (TPSA) is 126 Å². The van der Waals surface area contributed by atoms with E-state index in [0.29, 0.717) is 0 Å². The summed E-state index contributed by atoms with van der Waals surface area (Å²) in [4.78, 5) is 0. The third-order valence-electron chi connectivity index (χ3n) is 0.264. The second kappa shape index (κ2) is 32.8. The van der Waals surface area contributed by atoms with Crippen molar-refractivity contribution in [1.29, 1.82) is 0 Å². The molecule has 2 N–H and O–H groups in total. The second-order valence-electron chi connectivity index (χ2n) is 1.03. The zero-order valence-corrected chi connectivity index (χ0v) is 7.87. The van der Waals surface area contributed by atoms with Crippen LogP contribution in [0.25, 0.3) is 0 Å². The SMILES string of the molecule is CC(O)CO.[Al+3].[Al+3].[O-2].[O-2].[O-2]. The first-order valence-corrected chi connectivity index (χ1v) is 1.56. The molecule has 0 saturated carbocycles. The van der Waals surface area contributed by atoms with Crippen molar-refractivity contribution in [2.75, 3.05) is 6.61 Å². The van der Waals surface area contributed by atoms with E-state index in [0.717, 1.165) is 0 Å². The Hall–Kier alpha value is 0.865. The van der Waals surface area contributed by atoms with Crippen molar-refractivity contribution >= 4 is 34.7 Å². The van der Waals surface area contributed by atoms with E-state index in [4.69, 9.17) is 10.2 Å². The second-order valence-corrected chi connectivity index (χ2v) is 1.03. The van der Waals surface area contributed by atoms with Crippen molar-refractivity contribution < 1.29 is 26.6 Å². The summed E-state index contributed by atoms with van der Waals surface area (Å²) < 4.78 is 0. The van der Waals surface area contributed by atoms with Crippen LogP contribution in [0.3, 0.4) is 0 Å². The summed E-state index contributed by atoms with van der Waals surface area (Å²) in [5, 5.41) is 16.0. The van der Waals surface area contributed by atoms with Gasteiger partial charge in [-0.15, -0.1) is 0 Å². The van der Waals surface area contributed by atoms with Crippen LogP contribution >= 0.6 is 0 Å². The molecule has 0 heterocycles. The molecule has 1 atom stereocenters. The Morgan fingerprint density at radius 2 is 1.20 bits per heavy atom. The Morgan fingerprint density at radius 1 is 1.10 bits per heavy atom. The number of aliphatic hydroxyl groups excluding tert-OH is 2. The molecule has 0 aromatic carbocycles. The fourth-order valence-corrected chi connectivity index (χ4v) is 0. The fraction of sp³-hybridized carbons (Fsp3) is 1.00. The molecule has 0 aliphatic carbocycles. The molecule has 7 heteroatoms. The van der Waals surface area contributed by atoms with Crippen LogP contribution < -0.4 is 0 Å². The number of aliphatic hydroxyl groups is 2. The molecule has 1 unspecified atom stereocenters. The number of rotatable bonds is 1. The van der Waals surface area contributed by atoms with Crippen LogP contribution in [-0.4, -0.2) is 57.6 Å². The van der Waals surface area contributed by atoms with Gasteiger partial charge in [0, 0.05) is 0 Å². The third-order valence-corrected chi connectivity index (χ3v) is 0.264. The smallest absolute Gasteiger partial charge is 2.00 e. The summed E-state index contributed by atoms with van der Waals surface area (Å²) in [6.07, 6.45) is -0.560. The normalized spacial score (nSPS) is 7.50. The van der Waals surface area contributed by atoms with Crippen LogP contribution in [0.15, 0.2) is 0 Å². The fourth-order valence-electron chi connectivity index (χ4n) is 0. The van der Waals surface area contributed by atoms with Gasteiger partial charge in [0.1, 0.15) is 0 Å². The van der Waals surface area contributed by atoms with Gasteiger partial charge in [-0.05, 0) is 6.92 Å². The van der Waals surface area contributed by atoms with Crippen LogP contribution in [0.5, 0.6) is 0 Å². The molecule has 10 heavy (non-hydrogen) atoms. The molecule has 0 bridgehead atoms. The molecule has 0 radical (unpaired) electrons. The summed E-state index contributed by atoms with van der Waals surface area (Å²) in [6, 6.07) is 0. The summed E-state index contributed by atoms with van der Waals surface area (Å²) >= 11 is 0. The number of hydrogen-bond donors (Lipinski definition) is 2. The number of hydrogen-bond acceptors (Lipinski definition) is 2. The third kappa shape index (κ3) is 66.8. The molecular formula is C3H8Al2O5. The van der Waals surface area contributed by atoms with Gasteiger partial charge in [0.2, 0.25) is 0 Å². The minimum Gasteiger partial charge on any atom is -2.00 e. The molecule has 0 rings (SSSR count). The van der Waals surface area contributed by atoms with Crippen LogP contribution in [-0.2, 0) is 16.4 Å². The van der Waals surface area contributed by atoms with Crippen molar-refractivity contribution in [2.24, 2.45) is 0 Å². The maximum absolute atomic E-state index is 8.11. The average Bonchev–Trinajstić information content (AvgIpc) is 1.38. The minimum atomic E-state index is -0.560. The van der Waals surface area contributed by atoms with Gasteiger partial charge in [-0.3, -0.25) is 0 Å². The Morgan fingerprint density at radius 3 is 1.20 bits per heavy atom. The van der Waals surface area contributed by atoms with Gasteiger partial charge in [-0.2, -0.15) is 0 Å². The molecule has 0 spiro atoms. The molecule has 0 amide bonds. The molecular weight excluding hydrogens is 170 g/mol. The molecule has 56 valence electrons. The summed E-state index contributed by atoms with van der Waals surface area (Å²) in [7, 11) is 0. The quantitative estimate of drug-likeness (QED) is 0.461. The molecule has 0 aromatic rings. The van der Waals surface area contributed by atoms with E-state index >= 15 is 0 Å². The van der Waals surface area contributed by atoms with Gasteiger partial charge in [0.05, 0.1) is 12.7 Å². The van der Waals surface area contributed by atoms with Crippen LogP contribution in [0, 0.1) is 0 Å². The van der Waals surface area contributed by atoms with Gasteiger partial charge in [0.15, 0.2) is 0 Å². The monoisotopic (exact) mass is 178 g/mol. The Balaban J connectivity index is -0.00000000800. The van der Waals surface area contributed by atoms with E-state index in [1.54, 1.807) is 0 Å². The Kier molecular flexibility index (Phi) is 146. The molecule has 0 aromatic heterocycles. The molecule has 0 aliphatic rings. The average molecular weight is 178 g/mol. The minimum absolute atomic E-state index is 0. The Labute approximate surface area is 81.2 Å². The van der Waals surface area contributed by atoms with Crippen LogP contribution in [0.4, 0.5) is 0 Å². The first-order valence-electron chi connectivity index (χ1n) is 1.56. The first kappa shape index (κ1) is 44.7. The van der Waals surface area contributed by atoms with E-state index in [1.807, 2.05) is 0 Å². The molecule has 0 fully saturated rings. The van der Waals surface area contributed by atoms with E-state index < -0.39 is 6.10 Å². The molecule has 5 nitrogen and oxygen atoms in total. The van der Waals surface area contributed by atoms with Gasteiger partial charge >= 0.3 is 34.7 Å². The molecule has 0 aliphatic heterocycles. The van der Waals surface area contributed by atoms with Gasteiger partial charge in [-0.1, -0.05) is 0 Å². The van der Waals surface area contributed by atoms with E-state index in [9.17, 15) is 0 Å². The van der Waals surface area contributed by atoms with E-state index in [2.05, 4.69) is 0 Å². The summed E-state index contributed by atoms with van der Waals surface area (Å²) in [5.41, 5.74) is 0. The predicted octanol–water partition coefficient (Wildman–Crippen LogP) is -1.76. The zero-order valence-electron chi connectivity index (χ0n) is 5.56. The van der Waals surface area contributed by atoms with Crippen LogP contribution in [0.1, 0.15) is 6.92 Å². The van der Waals surface area contributed by atoms with Crippen molar-refractivity contribution in [3.8, 4) is 0 Å². The molecule has 0 saturated heterocycles. The van der Waals surface area contributed by atoms with Crippen molar-refractivity contribution in [3.63, 3.8) is 0 Å². The van der Waals surface area contributed by atoms with Crippen molar-refractivity contribution in [1.82, 2.24) is 0 Å². The first-order chi connectivity index (χ1) is 2.27. The Bertz CT molecular complexity index is 28.9. The van der Waals surface area contributed by atoms with Gasteiger partial charge in [-0.25, -0.2) is 0 Å². The zero-order chi connectivity index (χ0) is 4.28. The van der Waals surface area contributed by atoms with Crippen LogP contribution in [0.2, 0.25) is 0 Å². The largest absolute Gasteiger partial charge is 3.00 e. The van der Waals surface area contributed by atoms with Gasteiger partial charge < -0.3 is 26.6 Å². The predicted molar refractivity (Wildman–Crippen MR) is 32.3 cm³/mol. The van der Waals surface area contributed by atoms with Gasteiger partial charge in [0.25, 0.3) is 0 Å². The van der Waals surface area contributed by atoms with E-state index in [-0.39, 0.29) is 57.8 Å². The van der Waals surface area contributed by atoms with Crippen molar-refractivity contribution in [2.45, 2.75) is 13.0 Å². The summed E-state index contributed by atoms with van der Waals surface area (Å²) in [5.74, 6) is 0. The van der Waals surface area contributed by atoms with E-state index in [1.165, 1.54) is 6.92 Å². The standard InChI is InChI=1S/C3H8O2.2Al.3O/c1-3(5)2-4;;;;;/h3-5H,2H2,1H3;;;;;/q;2*+3;3*-2. The maximum Gasteiger partial charge on any atom is 3.00 e. The summed E-state index contributed by atoms with van der Waals surface area (Å²) in [6.45, 7) is 1.39. The maximum atomic E-state index is 8.11.